The molecule has 0 spiro atoms. The third kappa shape index (κ3) is 3.57. The lowest BCUT2D eigenvalue weighted by atomic mass is 10.1. The molecule has 0 aliphatic carbocycles. The first-order valence-electron chi connectivity index (χ1n) is 8.53. The monoisotopic (exact) mass is 348 g/mol. The van der Waals surface area contributed by atoms with E-state index in [-0.39, 0.29) is 0 Å². The van der Waals surface area contributed by atoms with Gasteiger partial charge in [0.05, 0.1) is 25.1 Å². The zero-order valence-electron chi connectivity index (χ0n) is 14.3. The van der Waals surface area contributed by atoms with Crippen molar-refractivity contribution >= 4 is 17.8 Å². The molecule has 3 aromatic rings. The van der Waals surface area contributed by atoms with E-state index in [0.29, 0.717) is 19.2 Å². The first-order chi connectivity index (χ1) is 12.8. The Morgan fingerprint density at radius 1 is 1.12 bits per heavy atom. The maximum absolute atomic E-state index is 5.95. The van der Waals surface area contributed by atoms with Gasteiger partial charge in [0, 0.05) is 31.0 Å². The molecule has 26 heavy (non-hydrogen) atoms. The summed E-state index contributed by atoms with van der Waals surface area (Å²) >= 11 is 0. The molecule has 4 rings (SSSR count). The number of pyridine rings is 1. The number of guanidine groups is 1. The molecule has 2 N–H and O–H groups in total. The van der Waals surface area contributed by atoms with Crippen molar-refractivity contribution in [1.29, 1.82) is 0 Å². The molecule has 1 aliphatic rings. The summed E-state index contributed by atoms with van der Waals surface area (Å²) in [7, 11) is 0. The minimum atomic E-state index is 0.422. The van der Waals surface area contributed by atoms with E-state index < -0.39 is 0 Å². The molecule has 0 saturated carbocycles. The van der Waals surface area contributed by atoms with Crippen molar-refractivity contribution in [3.05, 3.63) is 60.4 Å². The first-order valence-corrected chi connectivity index (χ1v) is 8.53. The number of nitrogens with zero attached hydrogens (tertiary/aromatic N) is 5. The Bertz CT molecular complexity index is 905. The average molecular weight is 348 g/mol. The van der Waals surface area contributed by atoms with Crippen LogP contribution in [0.5, 0.6) is 0 Å². The summed E-state index contributed by atoms with van der Waals surface area (Å²) in [4.78, 5) is 6.59. The average Bonchev–Trinajstić information content (AvgIpc) is 3.13. The molecule has 1 fully saturated rings. The molecule has 1 saturated heterocycles. The normalized spacial score (nSPS) is 15.8. The van der Waals surface area contributed by atoms with Crippen molar-refractivity contribution in [3.63, 3.8) is 0 Å². The topological polar surface area (TPSA) is 80.5 Å². The van der Waals surface area contributed by atoms with E-state index in [0.717, 1.165) is 35.6 Å². The van der Waals surface area contributed by atoms with Crippen molar-refractivity contribution in [3.8, 4) is 11.3 Å². The summed E-state index contributed by atoms with van der Waals surface area (Å²) in [5, 5.41) is 8.16. The minimum absolute atomic E-state index is 0.422. The molecule has 0 unspecified atom stereocenters. The van der Waals surface area contributed by atoms with Crippen LogP contribution in [-0.4, -0.2) is 52.8 Å². The second-order valence-electron chi connectivity index (χ2n) is 6.02. The Kier molecular flexibility index (Phi) is 4.61. The van der Waals surface area contributed by atoms with Gasteiger partial charge in [0.1, 0.15) is 5.65 Å². The Balaban J connectivity index is 1.45. The summed E-state index contributed by atoms with van der Waals surface area (Å²) in [6.07, 6.45) is 5.70. The standard InChI is InChI=1S/C19H20N6O/c20-19(24-9-11-26-12-10-24)23-21-13-15-4-6-16(7-5-15)17-14-25-8-2-1-3-18(25)22-17/h1-8,13-14H,9-12H2,(H2,20,23). The van der Waals surface area contributed by atoms with Gasteiger partial charge in [-0.05, 0) is 17.7 Å². The SMILES string of the molecule is NC(=NN=Cc1ccc(-c2cn3ccccc3n2)cc1)N1CCOCC1. The highest BCUT2D eigenvalue weighted by atomic mass is 16.5. The number of morpholine rings is 1. The predicted octanol–water partition coefficient (Wildman–Crippen LogP) is 1.98. The van der Waals surface area contributed by atoms with Crippen molar-refractivity contribution < 1.29 is 4.74 Å². The van der Waals surface area contributed by atoms with E-state index in [9.17, 15) is 0 Å². The molecule has 132 valence electrons. The van der Waals surface area contributed by atoms with Crippen LogP contribution in [0.15, 0.2) is 65.1 Å². The van der Waals surface area contributed by atoms with Gasteiger partial charge < -0.3 is 19.8 Å². The second-order valence-corrected chi connectivity index (χ2v) is 6.02. The Hall–Kier alpha value is -3.19. The number of fused-ring (bicyclic) bond motifs is 1. The molecule has 1 aliphatic heterocycles. The maximum atomic E-state index is 5.95. The van der Waals surface area contributed by atoms with Crippen LogP contribution >= 0.6 is 0 Å². The number of ether oxygens (including phenoxy) is 1. The number of aromatic nitrogens is 2. The van der Waals surface area contributed by atoms with Gasteiger partial charge in [-0.1, -0.05) is 30.3 Å². The molecule has 0 amide bonds. The number of imidazole rings is 1. The Morgan fingerprint density at radius 3 is 2.69 bits per heavy atom. The predicted molar refractivity (Wildman–Crippen MR) is 102 cm³/mol. The summed E-state index contributed by atoms with van der Waals surface area (Å²) in [6.45, 7) is 2.84. The quantitative estimate of drug-likeness (QED) is 0.446. The Morgan fingerprint density at radius 2 is 1.92 bits per heavy atom. The van der Waals surface area contributed by atoms with E-state index in [1.807, 2.05) is 64.2 Å². The highest BCUT2D eigenvalue weighted by Crippen LogP contribution is 2.19. The molecular weight excluding hydrogens is 328 g/mol. The second kappa shape index (κ2) is 7.37. The van der Waals surface area contributed by atoms with Crippen molar-refractivity contribution in [2.45, 2.75) is 0 Å². The van der Waals surface area contributed by atoms with E-state index >= 15 is 0 Å². The van der Waals surface area contributed by atoms with Gasteiger partial charge in [-0.15, -0.1) is 5.10 Å². The highest BCUT2D eigenvalue weighted by molar-refractivity contribution is 5.83. The van der Waals surface area contributed by atoms with Crippen molar-refractivity contribution in [1.82, 2.24) is 14.3 Å². The van der Waals surface area contributed by atoms with Gasteiger partial charge in [0.2, 0.25) is 5.96 Å². The summed E-state index contributed by atoms with van der Waals surface area (Å²) in [5.74, 6) is 0.422. The summed E-state index contributed by atoms with van der Waals surface area (Å²) in [6, 6.07) is 14.0. The third-order valence-electron chi connectivity index (χ3n) is 4.27. The highest BCUT2D eigenvalue weighted by Gasteiger charge is 2.11. The lowest BCUT2D eigenvalue weighted by molar-refractivity contribution is 0.0674. The van der Waals surface area contributed by atoms with Crippen LogP contribution in [-0.2, 0) is 4.74 Å². The zero-order chi connectivity index (χ0) is 17.8. The summed E-state index contributed by atoms with van der Waals surface area (Å²) in [5.41, 5.74) is 9.83. The number of rotatable bonds is 3. The molecule has 7 nitrogen and oxygen atoms in total. The van der Waals surface area contributed by atoms with E-state index in [2.05, 4.69) is 15.2 Å². The smallest absolute Gasteiger partial charge is 0.216 e. The molecular formula is C19H20N6O. The van der Waals surface area contributed by atoms with Crippen LogP contribution in [0.3, 0.4) is 0 Å². The summed E-state index contributed by atoms with van der Waals surface area (Å²) < 4.78 is 7.30. The molecule has 0 radical (unpaired) electrons. The molecule has 2 aromatic heterocycles. The zero-order valence-corrected chi connectivity index (χ0v) is 14.3. The van der Waals surface area contributed by atoms with Gasteiger partial charge in [-0.3, -0.25) is 0 Å². The van der Waals surface area contributed by atoms with Crippen LogP contribution in [0.4, 0.5) is 0 Å². The van der Waals surface area contributed by atoms with E-state index in [4.69, 9.17) is 10.5 Å². The lowest BCUT2D eigenvalue weighted by Gasteiger charge is -2.26. The van der Waals surface area contributed by atoms with Gasteiger partial charge >= 0.3 is 0 Å². The van der Waals surface area contributed by atoms with Crippen LogP contribution in [0.1, 0.15) is 5.56 Å². The van der Waals surface area contributed by atoms with Gasteiger partial charge in [-0.2, -0.15) is 5.10 Å². The molecule has 1 aromatic carbocycles. The van der Waals surface area contributed by atoms with Gasteiger partial charge in [0.15, 0.2) is 0 Å². The number of nitrogens with two attached hydrogens (primary N) is 1. The molecule has 7 heteroatoms. The fourth-order valence-electron chi connectivity index (χ4n) is 2.82. The molecule has 3 heterocycles. The van der Waals surface area contributed by atoms with Crippen molar-refractivity contribution in [2.24, 2.45) is 15.9 Å². The lowest BCUT2D eigenvalue weighted by Crippen LogP contribution is -2.44. The van der Waals surface area contributed by atoms with Crippen LogP contribution in [0.25, 0.3) is 16.9 Å². The number of hydrogen-bond acceptors (Lipinski definition) is 4. The molecule has 0 bridgehead atoms. The first kappa shape index (κ1) is 16.3. The van der Waals surface area contributed by atoms with E-state index in [1.54, 1.807) is 6.21 Å². The minimum Gasteiger partial charge on any atom is -0.378 e. The largest absolute Gasteiger partial charge is 0.378 e. The maximum Gasteiger partial charge on any atom is 0.216 e. The van der Waals surface area contributed by atoms with Crippen LogP contribution in [0.2, 0.25) is 0 Å². The number of hydrogen-bond donors (Lipinski definition) is 1. The van der Waals surface area contributed by atoms with E-state index in [1.165, 1.54) is 0 Å². The molecule has 0 atom stereocenters. The fraction of sp³-hybridized carbons (Fsp3) is 0.211. The van der Waals surface area contributed by atoms with Gasteiger partial charge in [-0.25, -0.2) is 4.98 Å². The van der Waals surface area contributed by atoms with Crippen LogP contribution in [0, 0.1) is 0 Å². The Labute approximate surface area is 151 Å². The van der Waals surface area contributed by atoms with Crippen LogP contribution < -0.4 is 5.73 Å². The van der Waals surface area contributed by atoms with Gasteiger partial charge in [0.25, 0.3) is 0 Å². The van der Waals surface area contributed by atoms with Crippen molar-refractivity contribution in [2.75, 3.05) is 26.3 Å². The number of benzene rings is 1. The third-order valence-corrected chi connectivity index (χ3v) is 4.27. The fourth-order valence-corrected chi connectivity index (χ4v) is 2.82.